The molecule has 3 nitrogen and oxygen atoms in total. The van der Waals surface area contributed by atoms with E-state index in [0.717, 1.165) is 25.2 Å². The minimum absolute atomic E-state index is 0.334. The Balaban J connectivity index is 2.25. The lowest BCUT2D eigenvalue weighted by molar-refractivity contribution is 0.475. The number of anilines is 1. The third kappa shape index (κ3) is 2.35. The van der Waals surface area contributed by atoms with E-state index in [2.05, 4.69) is 24.9 Å². The van der Waals surface area contributed by atoms with E-state index in [9.17, 15) is 5.11 Å². The monoisotopic (exact) mass is 218 g/mol. The minimum Gasteiger partial charge on any atom is -0.506 e. The van der Waals surface area contributed by atoms with Crippen LogP contribution in [-0.2, 0) is 6.42 Å². The Hall–Kier alpha value is -1.51. The number of benzene rings is 1. The molecule has 2 rings (SSSR count). The van der Waals surface area contributed by atoms with Crippen molar-refractivity contribution in [1.82, 2.24) is 0 Å². The molecule has 0 aromatic heterocycles. The van der Waals surface area contributed by atoms with E-state index in [-0.39, 0.29) is 0 Å². The maximum Gasteiger partial charge on any atom is 0.139 e. The molecule has 0 bridgehead atoms. The molecule has 0 spiro atoms. The van der Waals surface area contributed by atoms with Crippen LogP contribution >= 0.6 is 0 Å². The SMILES string of the molecule is CC(C)Cc1ccc(O)c(N2C=NCC2)c1. The van der Waals surface area contributed by atoms with E-state index in [1.807, 2.05) is 11.0 Å². The molecule has 1 aromatic carbocycles. The molecule has 0 amide bonds. The molecule has 1 aliphatic heterocycles. The highest BCUT2D eigenvalue weighted by Gasteiger charge is 2.13. The van der Waals surface area contributed by atoms with Crippen LogP contribution in [0.4, 0.5) is 5.69 Å². The number of phenolic OH excluding ortho intramolecular Hbond substituents is 1. The first-order chi connectivity index (χ1) is 7.66. The van der Waals surface area contributed by atoms with Crippen LogP contribution < -0.4 is 4.90 Å². The minimum atomic E-state index is 0.334. The second kappa shape index (κ2) is 4.56. The molecule has 1 aliphatic rings. The van der Waals surface area contributed by atoms with Gasteiger partial charge < -0.3 is 10.0 Å². The molecule has 0 fully saturated rings. The highest BCUT2D eigenvalue weighted by atomic mass is 16.3. The van der Waals surface area contributed by atoms with Crippen LogP contribution in [0.15, 0.2) is 23.2 Å². The molecule has 0 atom stereocenters. The molecule has 0 saturated heterocycles. The zero-order valence-corrected chi connectivity index (χ0v) is 9.85. The van der Waals surface area contributed by atoms with Crippen LogP contribution in [0.25, 0.3) is 0 Å². The second-order valence-electron chi connectivity index (χ2n) is 4.64. The van der Waals surface area contributed by atoms with Gasteiger partial charge in [-0.05, 0) is 30.0 Å². The Morgan fingerprint density at radius 3 is 2.88 bits per heavy atom. The standard InChI is InChI=1S/C13H18N2O/c1-10(2)7-11-3-4-13(16)12(8-11)15-6-5-14-9-15/h3-4,8-10,16H,5-7H2,1-2H3. The number of hydrogen-bond donors (Lipinski definition) is 1. The summed E-state index contributed by atoms with van der Waals surface area (Å²) in [6, 6.07) is 5.83. The van der Waals surface area contributed by atoms with Gasteiger partial charge in [-0.25, -0.2) is 0 Å². The summed E-state index contributed by atoms with van der Waals surface area (Å²) in [7, 11) is 0. The van der Waals surface area contributed by atoms with Gasteiger partial charge in [0.15, 0.2) is 0 Å². The third-order valence-electron chi connectivity index (χ3n) is 2.68. The number of aromatic hydroxyl groups is 1. The van der Waals surface area contributed by atoms with Crippen molar-refractivity contribution in [3.63, 3.8) is 0 Å². The molecule has 1 N–H and O–H groups in total. The zero-order chi connectivity index (χ0) is 11.5. The van der Waals surface area contributed by atoms with Gasteiger partial charge in [0.1, 0.15) is 5.75 Å². The highest BCUT2D eigenvalue weighted by Crippen LogP contribution is 2.29. The van der Waals surface area contributed by atoms with Crippen molar-refractivity contribution in [2.75, 3.05) is 18.0 Å². The number of nitrogens with zero attached hydrogens (tertiary/aromatic N) is 2. The average Bonchev–Trinajstić information content (AvgIpc) is 2.73. The molecule has 0 aliphatic carbocycles. The van der Waals surface area contributed by atoms with Crippen molar-refractivity contribution in [2.45, 2.75) is 20.3 Å². The predicted octanol–water partition coefficient (Wildman–Crippen LogP) is 2.44. The summed E-state index contributed by atoms with van der Waals surface area (Å²) in [5.74, 6) is 0.963. The molecule has 16 heavy (non-hydrogen) atoms. The maximum absolute atomic E-state index is 9.83. The quantitative estimate of drug-likeness (QED) is 0.845. The van der Waals surface area contributed by atoms with Gasteiger partial charge in [-0.3, -0.25) is 4.99 Å². The van der Waals surface area contributed by atoms with Crippen LogP contribution in [0.1, 0.15) is 19.4 Å². The number of aliphatic imine (C=N–C) groups is 1. The normalized spacial score (nSPS) is 15.1. The Morgan fingerprint density at radius 2 is 2.25 bits per heavy atom. The Labute approximate surface area is 96.4 Å². The van der Waals surface area contributed by atoms with Gasteiger partial charge in [-0.15, -0.1) is 0 Å². The topological polar surface area (TPSA) is 35.8 Å². The Kier molecular flexibility index (Phi) is 3.13. The van der Waals surface area contributed by atoms with E-state index in [1.165, 1.54) is 5.56 Å². The van der Waals surface area contributed by atoms with E-state index >= 15 is 0 Å². The Morgan fingerprint density at radius 1 is 1.44 bits per heavy atom. The smallest absolute Gasteiger partial charge is 0.139 e. The van der Waals surface area contributed by atoms with Crippen LogP contribution in [0.3, 0.4) is 0 Å². The first-order valence-electron chi connectivity index (χ1n) is 5.75. The molecule has 0 radical (unpaired) electrons. The summed E-state index contributed by atoms with van der Waals surface area (Å²) in [6.07, 6.45) is 2.84. The summed E-state index contributed by atoms with van der Waals surface area (Å²) < 4.78 is 0. The van der Waals surface area contributed by atoms with Gasteiger partial charge in [0.2, 0.25) is 0 Å². The molecule has 0 unspecified atom stereocenters. The third-order valence-corrected chi connectivity index (χ3v) is 2.68. The van der Waals surface area contributed by atoms with Crippen molar-refractivity contribution >= 4 is 12.0 Å². The predicted molar refractivity (Wildman–Crippen MR) is 67.4 cm³/mol. The largest absolute Gasteiger partial charge is 0.506 e. The van der Waals surface area contributed by atoms with E-state index in [1.54, 1.807) is 12.4 Å². The van der Waals surface area contributed by atoms with Gasteiger partial charge in [0.05, 0.1) is 18.6 Å². The van der Waals surface area contributed by atoms with Gasteiger partial charge in [-0.2, -0.15) is 0 Å². The van der Waals surface area contributed by atoms with Gasteiger partial charge in [0, 0.05) is 6.54 Å². The van der Waals surface area contributed by atoms with E-state index < -0.39 is 0 Å². The molecule has 86 valence electrons. The van der Waals surface area contributed by atoms with Crippen LogP contribution in [-0.4, -0.2) is 24.5 Å². The van der Waals surface area contributed by atoms with Crippen LogP contribution in [0.2, 0.25) is 0 Å². The first-order valence-corrected chi connectivity index (χ1v) is 5.75. The van der Waals surface area contributed by atoms with Crippen molar-refractivity contribution in [2.24, 2.45) is 10.9 Å². The summed E-state index contributed by atoms with van der Waals surface area (Å²) in [5.41, 5.74) is 2.14. The summed E-state index contributed by atoms with van der Waals surface area (Å²) in [6.45, 7) is 6.07. The molecule has 0 saturated carbocycles. The lowest BCUT2D eigenvalue weighted by atomic mass is 10.0. The van der Waals surface area contributed by atoms with Crippen molar-refractivity contribution < 1.29 is 5.11 Å². The molecule has 3 heteroatoms. The molecule has 1 heterocycles. The van der Waals surface area contributed by atoms with Crippen LogP contribution in [0.5, 0.6) is 5.75 Å². The van der Waals surface area contributed by atoms with E-state index in [4.69, 9.17) is 0 Å². The summed E-state index contributed by atoms with van der Waals surface area (Å²) in [4.78, 5) is 6.16. The van der Waals surface area contributed by atoms with Crippen molar-refractivity contribution in [3.05, 3.63) is 23.8 Å². The van der Waals surface area contributed by atoms with Gasteiger partial charge in [0.25, 0.3) is 0 Å². The van der Waals surface area contributed by atoms with Crippen molar-refractivity contribution in [3.8, 4) is 5.75 Å². The van der Waals surface area contributed by atoms with Crippen molar-refractivity contribution in [1.29, 1.82) is 0 Å². The number of phenols is 1. The number of hydrogen-bond acceptors (Lipinski definition) is 3. The molecular weight excluding hydrogens is 200 g/mol. The zero-order valence-electron chi connectivity index (χ0n) is 9.85. The fourth-order valence-corrected chi connectivity index (χ4v) is 1.96. The highest BCUT2D eigenvalue weighted by molar-refractivity contribution is 5.83. The van der Waals surface area contributed by atoms with E-state index in [0.29, 0.717) is 11.7 Å². The molecular formula is C13H18N2O. The summed E-state index contributed by atoms with van der Waals surface area (Å²) in [5, 5.41) is 9.83. The first kappa shape index (κ1) is 11.0. The lowest BCUT2D eigenvalue weighted by Gasteiger charge is -2.17. The van der Waals surface area contributed by atoms with Crippen LogP contribution in [0, 0.1) is 5.92 Å². The lowest BCUT2D eigenvalue weighted by Crippen LogP contribution is -2.18. The Bertz CT molecular complexity index is 399. The van der Waals surface area contributed by atoms with Gasteiger partial charge >= 0.3 is 0 Å². The van der Waals surface area contributed by atoms with Gasteiger partial charge in [-0.1, -0.05) is 19.9 Å². The average molecular weight is 218 g/mol. The molecule has 1 aromatic rings. The second-order valence-corrected chi connectivity index (χ2v) is 4.64. The summed E-state index contributed by atoms with van der Waals surface area (Å²) >= 11 is 0. The maximum atomic E-state index is 9.83. The fraction of sp³-hybridized carbons (Fsp3) is 0.462. The fourth-order valence-electron chi connectivity index (χ4n) is 1.96. The number of rotatable bonds is 3.